The van der Waals surface area contributed by atoms with Gasteiger partial charge in [-0.05, 0) is 33.5 Å². The van der Waals surface area contributed by atoms with E-state index in [2.05, 4.69) is 45.1 Å². The van der Waals surface area contributed by atoms with Crippen molar-refractivity contribution >= 4 is 27.3 Å². The molecule has 1 atom stereocenters. The number of halogens is 1. The Morgan fingerprint density at radius 2 is 2.12 bits per heavy atom. The molecule has 0 aliphatic heterocycles. The molecule has 17 heavy (non-hydrogen) atoms. The number of hydrogen-bond donors (Lipinski definition) is 1. The molecule has 0 aliphatic rings. The first-order valence-electron chi connectivity index (χ1n) is 5.39. The summed E-state index contributed by atoms with van der Waals surface area (Å²) in [5.41, 5.74) is 8.26. The van der Waals surface area contributed by atoms with Crippen LogP contribution in [0.2, 0.25) is 0 Å². The summed E-state index contributed by atoms with van der Waals surface area (Å²) in [6.07, 6.45) is 3.53. The van der Waals surface area contributed by atoms with Crippen molar-refractivity contribution in [1.29, 1.82) is 0 Å². The Morgan fingerprint density at radius 1 is 1.35 bits per heavy atom. The van der Waals surface area contributed by atoms with Gasteiger partial charge in [-0.2, -0.15) is 0 Å². The van der Waals surface area contributed by atoms with Crippen LogP contribution in [0.4, 0.5) is 0 Å². The minimum absolute atomic E-state index is 0.197. The van der Waals surface area contributed by atoms with Crippen LogP contribution in [0.25, 0.3) is 0 Å². The molecule has 0 fully saturated rings. The van der Waals surface area contributed by atoms with Crippen molar-refractivity contribution in [2.45, 2.75) is 25.8 Å². The first kappa shape index (κ1) is 12.7. The van der Waals surface area contributed by atoms with Gasteiger partial charge in [0.25, 0.3) is 0 Å². The molecule has 2 N–H and O–H groups in total. The maximum Gasteiger partial charge on any atom is 0.114 e. The number of thiazole rings is 1. The summed E-state index contributed by atoms with van der Waals surface area (Å²) in [5.74, 6) is 0.438. The van der Waals surface area contributed by atoms with Gasteiger partial charge < -0.3 is 5.73 Å². The number of pyridine rings is 1. The predicted molar refractivity (Wildman–Crippen MR) is 74.2 cm³/mol. The lowest BCUT2D eigenvalue weighted by molar-refractivity contribution is 0.793. The smallest absolute Gasteiger partial charge is 0.114 e. The van der Waals surface area contributed by atoms with Crippen LogP contribution in [0, 0.1) is 0 Å². The van der Waals surface area contributed by atoms with Crippen LogP contribution < -0.4 is 5.73 Å². The number of rotatable bonds is 3. The van der Waals surface area contributed by atoms with E-state index in [1.807, 2.05) is 6.07 Å². The van der Waals surface area contributed by atoms with Crippen LogP contribution in [0.1, 0.15) is 42.1 Å². The average molecular weight is 312 g/mol. The Hall–Kier alpha value is -0.780. The Bertz CT molecular complexity index is 510. The highest BCUT2D eigenvalue weighted by molar-refractivity contribution is 9.10. The van der Waals surface area contributed by atoms with E-state index in [4.69, 9.17) is 5.73 Å². The van der Waals surface area contributed by atoms with Gasteiger partial charge in [-0.15, -0.1) is 11.3 Å². The SMILES string of the molecule is CC(C)c1csc(C(N)c2cncc(Br)c2)n1. The molecule has 2 heterocycles. The van der Waals surface area contributed by atoms with Crippen molar-refractivity contribution in [1.82, 2.24) is 9.97 Å². The van der Waals surface area contributed by atoms with Gasteiger partial charge in [-0.3, -0.25) is 4.98 Å². The molecule has 2 aromatic rings. The molecule has 0 saturated carbocycles. The van der Waals surface area contributed by atoms with E-state index in [1.54, 1.807) is 23.7 Å². The average Bonchev–Trinajstić information content (AvgIpc) is 2.77. The van der Waals surface area contributed by atoms with Crippen molar-refractivity contribution in [3.63, 3.8) is 0 Å². The van der Waals surface area contributed by atoms with Crippen LogP contribution >= 0.6 is 27.3 Å². The van der Waals surface area contributed by atoms with E-state index in [0.717, 1.165) is 20.7 Å². The number of aromatic nitrogens is 2. The quantitative estimate of drug-likeness (QED) is 0.944. The highest BCUT2D eigenvalue weighted by atomic mass is 79.9. The minimum Gasteiger partial charge on any atom is -0.318 e. The molecule has 5 heteroatoms. The maximum atomic E-state index is 6.19. The topological polar surface area (TPSA) is 51.8 Å². The van der Waals surface area contributed by atoms with Gasteiger partial charge in [0.15, 0.2) is 0 Å². The van der Waals surface area contributed by atoms with E-state index in [-0.39, 0.29) is 6.04 Å². The van der Waals surface area contributed by atoms with E-state index in [0.29, 0.717) is 5.92 Å². The van der Waals surface area contributed by atoms with Gasteiger partial charge in [0.05, 0.1) is 11.7 Å². The fraction of sp³-hybridized carbons (Fsp3) is 0.333. The van der Waals surface area contributed by atoms with Crippen LogP contribution in [-0.4, -0.2) is 9.97 Å². The Labute approximate surface area is 113 Å². The monoisotopic (exact) mass is 311 g/mol. The highest BCUT2D eigenvalue weighted by Crippen LogP contribution is 2.26. The van der Waals surface area contributed by atoms with Crippen LogP contribution in [0.15, 0.2) is 28.3 Å². The fourth-order valence-electron chi connectivity index (χ4n) is 1.45. The standard InChI is InChI=1S/C12H14BrN3S/c1-7(2)10-6-17-12(16-10)11(14)8-3-9(13)5-15-4-8/h3-7,11H,14H2,1-2H3. The molecule has 0 aromatic carbocycles. The first-order chi connectivity index (χ1) is 8.08. The lowest BCUT2D eigenvalue weighted by Gasteiger charge is -2.08. The second-order valence-corrected chi connectivity index (χ2v) is 5.98. The van der Waals surface area contributed by atoms with Gasteiger partial charge in [0.2, 0.25) is 0 Å². The summed E-state index contributed by atoms with van der Waals surface area (Å²) in [6, 6.07) is 1.78. The third-order valence-electron chi connectivity index (χ3n) is 2.48. The molecule has 0 spiro atoms. The summed E-state index contributed by atoms with van der Waals surface area (Å²) in [4.78, 5) is 8.69. The maximum absolute atomic E-state index is 6.19. The number of nitrogens with zero attached hydrogens (tertiary/aromatic N) is 2. The van der Waals surface area contributed by atoms with Gasteiger partial charge >= 0.3 is 0 Å². The van der Waals surface area contributed by atoms with E-state index in [9.17, 15) is 0 Å². The van der Waals surface area contributed by atoms with Crippen molar-refractivity contribution in [3.05, 3.63) is 44.6 Å². The molecule has 0 radical (unpaired) electrons. The van der Waals surface area contributed by atoms with Crippen molar-refractivity contribution in [3.8, 4) is 0 Å². The summed E-state index contributed by atoms with van der Waals surface area (Å²) in [6.45, 7) is 4.26. The van der Waals surface area contributed by atoms with Gasteiger partial charge in [-0.1, -0.05) is 13.8 Å². The molecule has 90 valence electrons. The first-order valence-corrected chi connectivity index (χ1v) is 7.06. The minimum atomic E-state index is -0.197. The lowest BCUT2D eigenvalue weighted by atomic mass is 10.1. The second-order valence-electron chi connectivity index (χ2n) is 4.18. The Balaban J connectivity index is 2.27. The van der Waals surface area contributed by atoms with Crippen LogP contribution in [-0.2, 0) is 0 Å². The Kier molecular flexibility index (Phi) is 3.91. The van der Waals surface area contributed by atoms with E-state index < -0.39 is 0 Å². The highest BCUT2D eigenvalue weighted by Gasteiger charge is 2.15. The zero-order chi connectivity index (χ0) is 12.4. The largest absolute Gasteiger partial charge is 0.318 e. The summed E-state index contributed by atoms with van der Waals surface area (Å²) < 4.78 is 0.936. The number of nitrogens with two attached hydrogens (primary N) is 1. The molecule has 1 unspecified atom stereocenters. The van der Waals surface area contributed by atoms with Crippen molar-refractivity contribution in [2.24, 2.45) is 5.73 Å². The van der Waals surface area contributed by atoms with Crippen molar-refractivity contribution in [2.75, 3.05) is 0 Å². The fourth-order valence-corrected chi connectivity index (χ4v) is 2.84. The molecular weight excluding hydrogens is 298 g/mol. The van der Waals surface area contributed by atoms with Crippen LogP contribution in [0.3, 0.4) is 0 Å². The zero-order valence-electron chi connectivity index (χ0n) is 9.72. The van der Waals surface area contributed by atoms with Gasteiger partial charge in [-0.25, -0.2) is 4.98 Å². The predicted octanol–water partition coefficient (Wildman–Crippen LogP) is 3.47. The van der Waals surface area contributed by atoms with Crippen molar-refractivity contribution < 1.29 is 0 Å². The molecule has 2 aromatic heterocycles. The molecule has 0 aliphatic carbocycles. The number of hydrogen-bond acceptors (Lipinski definition) is 4. The van der Waals surface area contributed by atoms with Gasteiger partial charge in [0.1, 0.15) is 5.01 Å². The normalized spacial score (nSPS) is 13.0. The summed E-state index contributed by atoms with van der Waals surface area (Å²) >= 11 is 5.00. The third kappa shape index (κ3) is 2.91. The van der Waals surface area contributed by atoms with E-state index in [1.165, 1.54) is 0 Å². The summed E-state index contributed by atoms with van der Waals surface area (Å²) in [5, 5.41) is 3.01. The summed E-state index contributed by atoms with van der Waals surface area (Å²) in [7, 11) is 0. The third-order valence-corrected chi connectivity index (χ3v) is 3.86. The molecule has 2 rings (SSSR count). The van der Waals surface area contributed by atoms with Gasteiger partial charge in [0, 0.05) is 22.2 Å². The lowest BCUT2D eigenvalue weighted by Crippen LogP contribution is -2.12. The van der Waals surface area contributed by atoms with Crippen LogP contribution in [0.5, 0.6) is 0 Å². The molecule has 0 amide bonds. The van der Waals surface area contributed by atoms with E-state index >= 15 is 0 Å². The zero-order valence-corrected chi connectivity index (χ0v) is 12.1. The second kappa shape index (κ2) is 5.25. The Morgan fingerprint density at radius 3 is 2.71 bits per heavy atom. The molecule has 0 saturated heterocycles. The molecule has 0 bridgehead atoms. The molecular formula is C12H14BrN3S. The molecule has 3 nitrogen and oxygen atoms in total.